The molecule has 0 unspecified atom stereocenters. The monoisotopic (exact) mass is 332 g/mol. The van der Waals surface area contributed by atoms with Gasteiger partial charge in [0.15, 0.2) is 0 Å². The first-order valence-electron chi connectivity index (χ1n) is 5.98. The number of nitrogens with one attached hydrogen (secondary N) is 2. The molecule has 3 N–H and O–H groups in total. The maximum absolute atomic E-state index is 11.6. The van der Waals surface area contributed by atoms with Crippen LogP contribution in [0.3, 0.4) is 0 Å². The molecule has 0 aromatic carbocycles. The Labute approximate surface area is 127 Å². The van der Waals surface area contributed by atoms with Crippen LogP contribution in [0.5, 0.6) is 0 Å². The molecule has 0 aliphatic heterocycles. The van der Waals surface area contributed by atoms with Crippen LogP contribution < -0.4 is 9.44 Å². The minimum Gasteiger partial charge on any atom is -0.446 e. The van der Waals surface area contributed by atoms with E-state index in [1.165, 1.54) is 11.3 Å². The zero-order valence-corrected chi connectivity index (χ0v) is 13.2. The van der Waals surface area contributed by atoms with Crippen molar-refractivity contribution >= 4 is 27.6 Å². The lowest BCUT2D eigenvalue weighted by Gasteiger charge is -2.10. The molecule has 0 saturated carbocycles. The van der Waals surface area contributed by atoms with Gasteiger partial charge in [-0.2, -0.15) is 13.1 Å². The largest absolute Gasteiger partial charge is 0.446 e. The van der Waals surface area contributed by atoms with E-state index in [-0.39, 0.29) is 13.2 Å². The van der Waals surface area contributed by atoms with Crippen LogP contribution in [0.15, 0.2) is 11.4 Å². The topological polar surface area (TPSA) is 105 Å². The number of aliphatic hydroxyl groups is 1. The quantitative estimate of drug-likeness (QED) is 0.684. The minimum absolute atomic E-state index is 0.0165. The molecule has 7 nitrogen and oxygen atoms in total. The summed E-state index contributed by atoms with van der Waals surface area (Å²) < 4.78 is 31.9. The Kier molecular flexibility index (Phi) is 6.64. The van der Waals surface area contributed by atoms with Crippen LogP contribution in [0.2, 0.25) is 0 Å². The molecule has 0 radical (unpaired) electrons. The summed E-state index contributed by atoms with van der Waals surface area (Å²) in [5.74, 6) is 5.20. The molecule has 9 heteroatoms. The number of thiophene rings is 1. The Morgan fingerprint density at radius 2 is 2.24 bits per heavy atom. The van der Waals surface area contributed by atoms with Gasteiger partial charge in [0, 0.05) is 17.0 Å². The lowest BCUT2D eigenvalue weighted by Crippen LogP contribution is -2.40. The molecule has 0 saturated heterocycles. The predicted octanol–water partition coefficient (Wildman–Crippen LogP) is 0.561. The predicted molar refractivity (Wildman–Crippen MR) is 78.8 cm³/mol. The highest BCUT2D eigenvalue weighted by molar-refractivity contribution is 7.88. The molecule has 0 atom stereocenters. The smallest absolute Gasteiger partial charge is 0.422 e. The lowest BCUT2D eigenvalue weighted by molar-refractivity contribution is 0.121. The van der Waals surface area contributed by atoms with Gasteiger partial charge < -0.3 is 9.84 Å². The first kappa shape index (κ1) is 17.5. The molecule has 1 aromatic heterocycles. The van der Waals surface area contributed by atoms with Crippen molar-refractivity contribution in [3.8, 4) is 11.8 Å². The summed E-state index contributed by atoms with van der Waals surface area (Å²) >= 11 is 1.32. The summed E-state index contributed by atoms with van der Waals surface area (Å²) in [6.45, 7) is 2.93. The molecule has 1 rings (SSSR count). The molecule has 1 aromatic rings. The Morgan fingerprint density at radius 1 is 1.52 bits per heavy atom. The van der Waals surface area contributed by atoms with E-state index in [0.29, 0.717) is 10.4 Å². The molecular formula is C12H16N2O5S2. The second-order valence-corrected chi connectivity index (χ2v) is 6.60. The van der Waals surface area contributed by atoms with Gasteiger partial charge in [0.25, 0.3) is 0 Å². The van der Waals surface area contributed by atoms with E-state index < -0.39 is 22.4 Å². The van der Waals surface area contributed by atoms with E-state index in [1.807, 2.05) is 0 Å². The maximum atomic E-state index is 11.6. The average Bonchev–Trinajstić information content (AvgIpc) is 2.79. The van der Waals surface area contributed by atoms with Gasteiger partial charge in [-0.3, -0.25) is 0 Å². The fraction of sp³-hybridized carbons (Fsp3) is 0.417. The van der Waals surface area contributed by atoms with Crippen molar-refractivity contribution in [2.75, 3.05) is 6.61 Å². The van der Waals surface area contributed by atoms with Crippen molar-refractivity contribution in [3.63, 3.8) is 0 Å². The van der Waals surface area contributed by atoms with Gasteiger partial charge >= 0.3 is 16.3 Å². The van der Waals surface area contributed by atoms with Crippen LogP contribution in [0.4, 0.5) is 4.79 Å². The Balaban J connectivity index is 2.62. The van der Waals surface area contributed by atoms with Gasteiger partial charge in [-0.15, -0.1) is 11.3 Å². The van der Waals surface area contributed by atoms with E-state index in [0.717, 1.165) is 0 Å². The summed E-state index contributed by atoms with van der Waals surface area (Å²) in [6, 6.07) is 1.72. The van der Waals surface area contributed by atoms with E-state index in [4.69, 9.17) is 5.11 Å². The van der Waals surface area contributed by atoms with Gasteiger partial charge in [0.05, 0.1) is 6.10 Å². The van der Waals surface area contributed by atoms with Crippen LogP contribution in [0.25, 0.3) is 0 Å². The average molecular weight is 332 g/mol. The molecule has 1 heterocycles. The van der Waals surface area contributed by atoms with E-state index >= 15 is 0 Å². The minimum atomic E-state index is -4.01. The Bertz CT molecular complexity index is 640. The molecule has 1 amide bonds. The SMILES string of the molecule is CC(C)OC(=O)NS(=O)(=O)NCc1sccc1C#CCO. The van der Waals surface area contributed by atoms with Crippen molar-refractivity contribution < 1.29 is 23.1 Å². The number of hydrogen-bond donors (Lipinski definition) is 3. The standard InChI is InChI=1S/C12H16N2O5S2/c1-9(2)19-12(16)14-21(17,18)13-8-11-10(4-3-6-15)5-7-20-11/h5,7,9,13,15H,6,8H2,1-2H3,(H,14,16). The summed E-state index contributed by atoms with van der Waals surface area (Å²) in [5.41, 5.74) is 0.626. The Morgan fingerprint density at radius 3 is 2.86 bits per heavy atom. The molecule has 0 aliphatic carbocycles. The number of ether oxygens (including phenoxy) is 1. The number of hydrogen-bond acceptors (Lipinski definition) is 6. The van der Waals surface area contributed by atoms with E-state index in [2.05, 4.69) is 21.3 Å². The second kappa shape index (κ2) is 7.99. The zero-order chi connectivity index (χ0) is 15.9. The number of aliphatic hydroxyl groups excluding tert-OH is 1. The molecule has 0 spiro atoms. The van der Waals surface area contributed by atoms with Gasteiger partial charge in [-0.1, -0.05) is 11.8 Å². The molecule has 21 heavy (non-hydrogen) atoms. The van der Waals surface area contributed by atoms with Crippen molar-refractivity contribution in [3.05, 3.63) is 21.9 Å². The molecule has 0 aliphatic rings. The normalized spacial score (nSPS) is 10.9. The first-order valence-corrected chi connectivity index (χ1v) is 8.34. The van der Waals surface area contributed by atoms with Gasteiger partial charge in [-0.25, -0.2) is 9.52 Å². The summed E-state index contributed by atoms with van der Waals surface area (Å²) in [6.07, 6.45) is -1.46. The third-order valence-corrected chi connectivity index (χ3v) is 3.91. The highest BCUT2D eigenvalue weighted by atomic mass is 32.2. The lowest BCUT2D eigenvalue weighted by atomic mass is 10.2. The van der Waals surface area contributed by atoms with Gasteiger partial charge in [0.1, 0.15) is 6.61 Å². The highest BCUT2D eigenvalue weighted by Crippen LogP contribution is 2.15. The fourth-order valence-corrected chi connectivity index (χ4v) is 2.80. The van der Waals surface area contributed by atoms with Crippen molar-refractivity contribution in [1.82, 2.24) is 9.44 Å². The van der Waals surface area contributed by atoms with Crippen LogP contribution in [0, 0.1) is 11.8 Å². The van der Waals surface area contributed by atoms with Crippen LogP contribution >= 0.6 is 11.3 Å². The van der Waals surface area contributed by atoms with Crippen molar-refractivity contribution in [2.24, 2.45) is 0 Å². The molecule has 0 bridgehead atoms. The summed E-state index contributed by atoms with van der Waals surface area (Å²) in [7, 11) is -4.01. The van der Waals surface area contributed by atoms with Crippen molar-refractivity contribution in [2.45, 2.75) is 26.5 Å². The Hall–Kier alpha value is -1.60. The van der Waals surface area contributed by atoms with Crippen LogP contribution in [-0.2, 0) is 21.5 Å². The van der Waals surface area contributed by atoms with Crippen LogP contribution in [0.1, 0.15) is 24.3 Å². The summed E-state index contributed by atoms with van der Waals surface area (Å²) in [5, 5.41) is 10.4. The zero-order valence-electron chi connectivity index (χ0n) is 11.5. The van der Waals surface area contributed by atoms with Crippen LogP contribution in [-0.4, -0.2) is 32.3 Å². The maximum Gasteiger partial charge on any atom is 0.422 e. The number of amides is 1. The molecular weight excluding hydrogens is 316 g/mol. The van der Waals surface area contributed by atoms with Gasteiger partial charge in [-0.05, 0) is 25.3 Å². The highest BCUT2D eigenvalue weighted by Gasteiger charge is 2.16. The van der Waals surface area contributed by atoms with E-state index in [9.17, 15) is 13.2 Å². The second-order valence-electron chi connectivity index (χ2n) is 4.10. The van der Waals surface area contributed by atoms with Gasteiger partial charge in [0.2, 0.25) is 0 Å². The third-order valence-electron chi connectivity index (χ3n) is 2.03. The number of rotatable bonds is 5. The fourth-order valence-electron chi connectivity index (χ4n) is 1.27. The number of carbonyl (C=O) groups is 1. The van der Waals surface area contributed by atoms with Crippen molar-refractivity contribution in [1.29, 1.82) is 0 Å². The first-order chi connectivity index (χ1) is 9.84. The summed E-state index contributed by atoms with van der Waals surface area (Å²) in [4.78, 5) is 11.9. The van der Waals surface area contributed by atoms with E-state index in [1.54, 1.807) is 30.0 Å². The molecule has 116 valence electrons. The third kappa shape index (κ3) is 6.59. The number of carbonyl (C=O) groups excluding carboxylic acids is 1. The molecule has 0 fully saturated rings.